The van der Waals surface area contributed by atoms with Crippen molar-refractivity contribution in [3.05, 3.63) is 35.4 Å². The van der Waals surface area contributed by atoms with Crippen molar-refractivity contribution in [1.29, 1.82) is 0 Å². The minimum absolute atomic E-state index is 0.157. The van der Waals surface area contributed by atoms with Gasteiger partial charge >= 0.3 is 0 Å². The maximum Gasteiger partial charge on any atom is 0.131 e. The molecule has 2 rings (SSSR count). The molecule has 1 aliphatic rings. The van der Waals surface area contributed by atoms with E-state index in [1.807, 2.05) is 0 Å². The fraction of sp³-hybridized carbons (Fsp3) is 0.625. The maximum absolute atomic E-state index is 13.6. The lowest BCUT2D eigenvalue weighted by Crippen LogP contribution is -2.33. The highest BCUT2D eigenvalue weighted by atomic mass is 19.1. The molecule has 1 unspecified atom stereocenters. The molecule has 1 atom stereocenters. The monoisotopic (exact) mass is 283 g/mol. The fourth-order valence-electron chi connectivity index (χ4n) is 2.82. The van der Waals surface area contributed by atoms with Gasteiger partial charge in [-0.15, -0.1) is 0 Å². The first-order valence-corrected chi connectivity index (χ1v) is 7.53. The first kappa shape index (κ1) is 15.4. The average molecular weight is 283 g/mol. The highest BCUT2D eigenvalue weighted by molar-refractivity contribution is 5.21. The van der Waals surface area contributed by atoms with Gasteiger partial charge in [-0.3, -0.25) is 0 Å². The number of aliphatic hydroxyl groups excluding tert-OH is 1. The van der Waals surface area contributed by atoms with Gasteiger partial charge in [0, 0.05) is 24.2 Å². The predicted molar refractivity (Wildman–Crippen MR) is 75.4 cm³/mol. The second-order valence-corrected chi connectivity index (χ2v) is 5.63. The van der Waals surface area contributed by atoms with E-state index < -0.39 is 17.7 Å². The van der Waals surface area contributed by atoms with Crippen molar-refractivity contribution < 1.29 is 13.9 Å². The molecule has 0 heterocycles. The number of halogens is 2. The minimum atomic E-state index is -0.930. The quantitative estimate of drug-likeness (QED) is 0.883. The molecule has 0 aliphatic heterocycles. The zero-order valence-electron chi connectivity index (χ0n) is 11.7. The molecule has 1 aromatic carbocycles. The van der Waals surface area contributed by atoms with Gasteiger partial charge in [0.25, 0.3) is 0 Å². The number of aliphatic hydroxyl groups is 1. The van der Waals surface area contributed by atoms with Crippen LogP contribution in [-0.4, -0.2) is 17.7 Å². The molecule has 2 nitrogen and oxygen atoms in total. The Hall–Kier alpha value is -1.00. The van der Waals surface area contributed by atoms with E-state index in [-0.39, 0.29) is 5.56 Å². The molecule has 0 saturated heterocycles. The second kappa shape index (κ2) is 7.70. The van der Waals surface area contributed by atoms with Gasteiger partial charge in [0.05, 0.1) is 6.10 Å². The third-order valence-corrected chi connectivity index (χ3v) is 4.03. The minimum Gasteiger partial charge on any atom is -0.387 e. The zero-order valence-corrected chi connectivity index (χ0v) is 11.7. The summed E-state index contributed by atoms with van der Waals surface area (Å²) in [4.78, 5) is 0. The van der Waals surface area contributed by atoms with Crippen molar-refractivity contribution in [2.24, 2.45) is 0 Å². The molecule has 1 aromatic rings. The van der Waals surface area contributed by atoms with Gasteiger partial charge in [0.2, 0.25) is 0 Å². The molecule has 2 N–H and O–H groups in total. The fourth-order valence-corrected chi connectivity index (χ4v) is 2.82. The van der Waals surface area contributed by atoms with E-state index >= 15 is 0 Å². The highest BCUT2D eigenvalue weighted by Crippen LogP contribution is 2.20. The Morgan fingerprint density at radius 2 is 1.75 bits per heavy atom. The molecule has 4 heteroatoms. The van der Waals surface area contributed by atoms with E-state index in [2.05, 4.69) is 5.32 Å². The molecule has 0 aromatic heterocycles. The van der Waals surface area contributed by atoms with Crippen LogP contribution in [0.2, 0.25) is 0 Å². The summed E-state index contributed by atoms with van der Waals surface area (Å²) in [6.45, 7) is 0.313. The molecule has 20 heavy (non-hydrogen) atoms. The predicted octanol–water partition coefficient (Wildman–Crippen LogP) is 3.70. The summed E-state index contributed by atoms with van der Waals surface area (Å²) in [6.07, 6.45) is 7.56. The van der Waals surface area contributed by atoms with Crippen molar-refractivity contribution in [3.8, 4) is 0 Å². The van der Waals surface area contributed by atoms with Gasteiger partial charge < -0.3 is 10.4 Å². The Labute approximate surface area is 119 Å². The van der Waals surface area contributed by atoms with Crippen LogP contribution in [0.25, 0.3) is 0 Å². The summed E-state index contributed by atoms with van der Waals surface area (Å²) in [5, 5.41) is 13.3. The Bertz CT molecular complexity index is 417. The van der Waals surface area contributed by atoms with E-state index in [4.69, 9.17) is 0 Å². The second-order valence-electron chi connectivity index (χ2n) is 5.63. The third-order valence-electron chi connectivity index (χ3n) is 4.03. The summed E-state index contributed by atoms with van der Waals surface area (Å²) in [7, 11) is 0. The van der Waals surface area contributed by atoms with E-state index in [0.717, 1.165) is 18.9 Å². The van der Waals surface area contributed by atoms with Gasteiger partial charge in [-0.2, -0.15) is 0 Å². The largest absolute Gasteiger partial charge is 0.387 e. The highest BCUT2D eigenvalue weighted by Gasteiger charge is 2.16. The zero-order chi connectivity index (χ0) is 14.4. The Morgan fingerprint density at radius 3 is 2.40 bits per heavy atom. The number of benzene rings is 1. The maximum atomic E-state index is 13.6. The Balaban J connectivity index is 1.85. The molecule has 0 amide bonds. The molecular weight excluding hydrogens is 260 g/mol. The normalized spacial score (nSPS) is 19.4. The summed E-state index contributed by atoms with van der Waals surface area (Å²) in [5.41, 5.74) is 0.157. The number of hydrogen-bond donors (Lipinski definition) is 2. The summed E-state index contributed by atoms with van der Waals surface area (Å²) in [6, 6.07) is 3.70. The molecular formula is C16H23F2NO. The molecule has 0 radical (unpaired) electrons. The van der Waals surface area contributed by atoms with Crippen molar-refractivity contribution in [1.82, 2.24) is 5.32 Å². The molecule has 112 valence electrons. The summed E-state index contributed by atoms with van der Waals surface area (Å²) in [5.74, 6) is -1.30. The number of nitrogens with one attached hydrogen (secondary N) is 1. The van der Waals surface area contributed by atoms with E-state index in [0.29, 0.717) is 12.6 Å². The molecule has 0 bridgehead atoms. The van der Waals surface area contributed by atoms with Crippen LogP contribution in [0.1, 0.15) is 56.6 Å². The van der Waals surface area contributed by atoms with Crippen LogP contribution in [0.3, 0.4) is 0 Å². The van der Waals surface area contributed by atoms with Crippen molar-refractivity contribution in [2.75, 3.05) is 6.54 Å². The van der Waals surface area contributed by atoms with Crippen LogP contribution in [0, 0.1) is 11.6 Å². The third kappa shape index (κ3) is 4.53. The van der Waals surface area contributed by atoms with Crippen LogP contribution in [0.4, 0.5) is 8.78 Å². The Kier molecular flexibility index (Phi) is 5.92. The lowest BCUT2D eigenvalue weighted by atomic mass is 9.96. The van der Waals surface area contributed by atoms with Gasteiger partial charge in [-0.1, -0.05) is 38.2 Å². The van der Waals surface area contributed by atoms with Gasteiger partial charge in [-0.25, -0.2) is 8.78 Å². The lowest BCUT2D eigenvalue weighted by molar-refractivity contribution is 0.162. The van der Waals surface area contributed by atoms with Crippen LogP contribution >= 0.6 is 0 Å². The first-order chi connectivity index (χ1) is 9.66. The van der Waals surface area contributed by atoms with E-state index in [1.165, 1.54) is 44.2 Å². The number of hydrogen-bond acceptors (Lipinski definition) is 2. The first-order valence-electron chi connectivity index (χ1n) is 7.53. The molecule has 1 aliphatic carbocycles. The lowest BCUT2D eigenvalue weighted by Gasteiger charge is -2.23. The van der Waals surface area contributed by atoms with Gasteiger partial charge in [0.1, 0.15) is 11.6 Å². The van der Waals surface area contributed by atoms with Gasteiger partial charge in [0.15, 0.2) is 0 Å². The topological polar surface area (TPSA) is 32.3 Å². The van der Waals surface area contributed by atoms with Crippen molar-refractivity contribution >= 4 is 0 Å². The van der Waals surface area contributed by atoms with Crippen LogP contribution in [0.15, 0.2) is 18.2 Å². The SMILES string of the molecule is OC(CNC1CCCCCCC1)c1ccc(F)cc1F. The average Bonchev–Trinajstić information content (AvgIpc) is 2.37. The van der Waals surface area contributed by atoms with Gasteiger partial charge in [-0.05, 0) is 18.9 Å². The summed E-state index contributed by atoms with van der Waals surface area (Å²) < 4.78 is 26.4. The van der Waals surface area contributed by atoms with E-state index in [1.54, 1.807) is 0 Å². The van der Waals surface area contributed by atoms with Crippen molar-refractivity contribution in [2.45, 2.75) is 57.1 Å². The van der Waals surface area contributed by atoms with Crippen molar-refractivity contribution in [3.63, 3.8) is 0 Å². The molecule has 1 saturated carbocycles. The van der Waals surface area contributed by atoms with Crippen LogP contribution in [0.5, 0.6) is 0 Å². The van der Waals surface area contributed by atoms with E-state index in [9.17, 15) is 13.9 Å². The Morgan fingerprint density at radius 1 is 1.10 bits per heavy atom. The smallest absolute Gasteiger partial charge is 0.131 e. The summed E-state index contributed by atoms with van der Waals surface area (Å²) >= 11 is 0. The number of rotatable bonds is 4. The standard InChI is InChI=1S/C16H23F2NO/c17-12-8-9-14(15(18)10-12)16(20)11-19-13-6-4-2-1-3-5-7-13/h8-10,13,16,19-20H,1-7,11H2. The van der Waals surface area contributed by atoms with Crippen LogP contribution < -0.4 is 5.32 Å². The van der Waals surface area contributed by atoms with Crippen LogP contribution in [-0.2, 0) is 0 Å². The molecule has 0 spiro atoms. The molecule has 1 fully saturated rings.